The van der Waals surface area contributed by atoms with Crippen LogP contribution in [-0.2, 0) is 20.9 Å². The lowest BCUT2D eigenvalue weighted by Gasteiger charge is -2.30. The highest BCUT2D eigenvalue weighted by molar-refractivity contribution is 9.10. The summed E-state index contributed by atoms with van der Waals surface area (Å²) in [6.07, 6.45) is 3.50. The molecule has 0 spiro atoms. The highest BCUT2D eigenvalue weighted by Crippen LogP contribution is 2.30. The van der Waals surface area contributed by atoms with Crippen molar-refractivity contribution in [2.75, 3.05) is 12.0 Å². The van der Waals surface area contributed by atoms with Gasteiger partial charge in [-0.1, -0.05) is 46.3 Å². The van der Waals surface area contributed by atoms with Crippen LogP contribution >= 0.6 is 28.1 Å². The first kappa shape index (κ1) is 25.6. The highest BCUT2D eigenvalue weighted by atomic mass is 79.9. The molecule has 38 heavy (non-hydrogen) atoms. The highest BCUT2D eigenvalue weighted by Gasteiger charge is 2.35. The van der Waals surface area contributed by atoms with E-state index in [9.17, 15) is 14.4 Å². The Morgan fingerprint density at radius 3 is 2.63 bits per heavy atom. The van der Waals surface area contributed by atoms with Crippen LogP contribution in [0.15, 0.2) is 83.0 Å². The second-order valence-corrected chi connectivity index (χ2v) is 10.1. The lowest BCUT2D eigenvalue weighted by molar-refractivity contribution is -0.122. The quantitative estimate of drug-likeness (QED) is 0.147. The van der Waals surface area contributed by atoms with Gasteiger partial charge in [-0.25, -0.2) is 4.79 Å². The molecule has 4 aromatic rings. The number of methoxy groups -OCH3 is 1. The van der Waals surface area contributed by atoms with Crippen LogP contribution in [0.1, 0.15) is 27.0 Å². The Bertz CT molecular complexity index is 1670. The van der Waals surface area contributed by atoms with Crippen molar-refractivity contribution in [3.63, 3.8) is 0 Å². The van der Waals surface area contributed by atoms with Crippen molar-refractivity contribution < 1.29 is 19.1 Å². The zero-order valence-corrected chi connectivity index (χ0v) is 22.9. The van der Waals surface area contributed by atoms with Crippen LogP contribution in [-0.4, -0.2) is 34.6 Å². The number of nitrogens with zero attached hydrogens (tertiary/aromatic N) is 2. The molecule has 0 saturated carbocycles. The third kappa shape index (κ3) is 4.78. The summed E-state index contributed by atoms with van der Waals surface area (Å²) in [5.74, 6) is -1.44. The molecule has 7 nitrogen and oxygen atoms in total. The summed E-state index contributed by atoms with van der Waals surface area (Å²) >= 11 is 8.80. The molecule has 9 heteroatoms. The molecule has 5 rings (SSSR count). The number of hydrogen-bond donors (Lipinski definition) is 1. The van der Waals surface area contributed by atoms with E-state index < -0.39 is 17.8 Å². The Labute approximate surface area is 232 Å². The monoisotopic (exact) mass is 587 g/mol. The van der Waals surface area contributed by atoms with Gasteiger partial charge in [-0.15, -0.1) is 0 Å². The van der Waals surface area contributed by atoms with Gasteiger partial charge >= 0.3 is 5.97 Å². The van der Waals surface area contributed by atoms with Crippen molar-refractivity contribution in [2.45, 2.75) is 13.5 Å². The number of para-hydroxylation sites is 1. The SMILES string of the molecule is COC(=O)c1cccc(Cn2cc(/C=C3\C(=O)NC(=S)N(c4ccc(Br)cc4C)C3=O)c3ccccc32)c1. The second kappa shape index (κ2) is 10.4. The zero-order chi connectivity index (χ0) is 27.0. The number of halogens is 1. The number of aromatic nitrogens is 1. The van der Waals surface area contributed by atoms with E-state index in [0.717, 1.165) is 26.5 Å². The molecule has 0 bridgehead atoms. The van der Waals surface area contributed by atoms with Crippen LogP contribution in [0.25, 0.3) is 17.0 Å². The van der Waals surface area contributed by atoms with E-state index in [0.29, 0.717) is 23.4 Å². The van der Waals surface area contributed by atoms with Crippen molar-refractivity contribution in [1.29, 1.82) is 0 Å². The fraction of sp³-hybridized carbons (Fsp3) is 0.103. The number of carbonyl (C=O) groups excluding carboxylic acids is 3. The molecule has 1 aliphatic rings. The third-order valence-electron chi connectivity index (χ3n) is 6.32. The summed E-state index contributed by atoms with van der Waals surface area (Å²) in [6.45, 7) is 2.35. The minimum Gasteiger partial charge on any atom is -0.465 e. The molecule has 0 unspecified atom stereocenters. The van der Waals surface area contributed by atoms with Gasteiger partial charge in [0, 0.05) is 33.7 Å². The molecule has 1 N–H and O–H groups in total. The number of amides is 2. The zero-order valence-electron chi connectivity index (χ0n) is 20.5. The van der Waals surface area contributed by atoms with Crippen molar-refractivity contribution in [2.24, 2.45) is 0 Å². The molecule has 2 amide bonds. The number of fused-ring (bicyclic) bond motifs is 1. The van der Waals surface area contributed by atoms with Gasteiger partial charge in [0.2, 0.25) is 0 Å². The largest absolute Gasteiger partial charge is 0.465 e. The number of aryl methyl sites for hydroxylation is 1. The number of rotatable bonds is 5. The first-order valence-electron chi connectivity index (χ1n) is 11.7. The van der Waals surface area contributed by atoms with Gasteiger partial charge in [0.15, 0.2) is 5.11 Å². The van der Waals surface area contributed by atoms with Crippen molar-refractivity contribution >= 4 is 73.7 Å². The Kier molecular flexibility index (Phi) is 6.96. The first-order valence-corrected chi connectivity index (χ1v) is 12.9. The normalized spacial score (nSPS) is 14.8. The standard InChI is InChI=1S/C29H22BrN3O4S/c1-17-12-21(30)10-11-24(17)33-27(35)23(26(34)31-29(33)38)14-20-16-32(25-9-4-3-8-22(20)25)15-18-6-5-7-19(13-18)28(36)37-2/h3-14,16H,15H2,1-2H3,(H,31,34,38)/b23-14+. The summed E-state index contributed by atoms with van der Waals surface area (Å²) in [7, 11) is 1.35. The lowest BCUT2D eigenvalue weighted by Crippen LogP contribution is -2.54. The van der Waals surface area contributed by atoms with E-state index in [1.54, 1.807) is 24.3 Å². The summed E-state index contributed by atoms with van der Waals surface area (Å²) in [5.41, 5.74) is 4.41. The Balaban J connectivity index is 1.55. The van der Waals surface area contributed by atoms with Crippen molar-refractivity contribution in [1.82, 2.24) is 9.88 Å². The Morgan fingerprint density at radius 2 is 1.87 bits per heavy atom. The van der Waals surface area contributed by atoms with E-state index in [-0.39, 0.29) is 10.7 Å². The molecule has 0 atom stereocenters. The molecular weight excluding hydrogens is 566 g/mol. The van der Waals surface area contributed by atoms with Gasteiger partial charge in [-0.05, 0) is 72.7 Å². The summed E-state index contributed by atoms with van der Waals surface area (Å²) in [5, 5.41) is 3.57. The number of esters is 1. The van der Waals surface area contributed by atoms with Crippen LogP contribution in [0.5, 0.6) is 0 Å². The first-order chi connectivity index (χ1) is 18.3. The topological polar surface area (TPSA) is 80.6 Å². The van der Waals surface area contributed by atoms with Crippen LogP contribution in [0.2, 0.25) is 0 Å². The summed E-state index contributed by atoms with van der Waals surface area (Å²) in [6, 6.07) is 20.5. The smallest absolute Gasteiger partial charge is 0.337 e. The molecule has 1 saturated heterocycles. The fourth-order valence-electron chi connectivity index (χ4n) is 4.53. The van der Waals surface area contributed by atoms with Gasteiger partial charge in [-0.2, -0.15) is 0 Å². The van der Waals surface area contributed by atoms with E-state index in [4.69, 9.17) is 17.0 Å². The fourth-order valence-corrected chi connectivity index (χ4v) is 5.28. The van der Waals surface area contributed by atoms with E-state index in [2.05, 4.69) is 21.2 Å². The predicted molar refractivity (Wildman–Crippen MR) is 154 cm³/mol. The van der Waals surface area contributed by atoms with Crippen LogP contribution in [0.3, 0.4) is 0 Å². The minimum atomic E-state index is -0.548. The van der Waals surface area contributed by atoms with Crippen LogP contribution in [0, 0.1) is 6.92 Å². The van der Waals surface area contributed by atoms with Gasteiger partial charge in [0.05, 0.1) is 18.4 Å². The molecule has 1 aliphatic heterocycles. The molecule has 0 aliphatic carbocycles. The maximum absolute atomic E-state index is 13.6. The van der Waals surface area contributed by atoms with Crippen LogP contribution < -0.4 is 10.2 Å². The van der Waals surface area contributed by atoms with Gasteiger partial charge in [-0.3, -0.25) is 19.8 Å². The average Bonchev–Trinajstić information content (AvgIpc) is 3.24. The second-order valence-electron chi connectivity index (χ2n) is 8.81. The minimum absolute atomic E-state index is 0.0171. The maximum atomic E-state index is 13.6. The molecule has 3 aromatic carbocycles. The average molecular weight is 588 g/mol. The summed E-state index contributed by atoms with van der Waals surface area (Å²) in [4.78, 5) is 39.9. The third-order valence-corrected chi connectivity index (χ3v) is 7.10. The number of hydrogen-bond acceptors (Lipinski definition) is 5. The molecular formula is C29H22BrN3O4S. The lowest BCUT2D eigenvalue weighted by atomic mass is 10.1. The Morgan fingerprint density at radius 1 is 1.08 bits per heavy atom. The molecule has 190 valence electrons. The van der Waals surface area contributed by atoms with E-state index in [1.165, 1.54) is 12.0 Å². The number of carbonyl (C=O) groups is 3. The number of thiocarbonyl (C=S) groups is 1. The molecule has 1 aromatic heterocycles. The number of nitrogens with one attached hydrogen (secondary N) is 1. The van der Waals surface area contributed by atoms with Gasteiger partial charge < -0.3 is 9.30 Å². The van der Waals surface area contributed by atoms with Crippen molar-refractivity contribution in [3.8, 4) is 0 Å². The molecule has 2 heterocycles. The van der Waals surface area contributed by atoms with Crippen LogP contribution in [0.4, 0.5) is 5.69 Å². The number of anilines is 1. The van der Waals surface area contributed by atoms with Crippen molar-refractivity contribution in [3.05, 3.63) is 105 Å². The van der Waals surface area contributed by atoms with E-state index in [1.807, 2.05) is 66.2 Å². The Hall–Kier alpha value is -4.08. The molecule has 0 radical (unpaired) electrons. The number of ether oxygens (including phenoxy) is 1. The maximum Gasteiger partial charge on any atom is 0.337 e. The number of benzene rings is 3. The van der Waals surface area contributed by atoms with Gasteiger partial charge in [0.25, 0.3) is 11.8 Å². The van der Waals surface area contributed by atoms with E-state index >= 15 is 0 Å². The predicted octanol–water partition coefficient (Wildman–Crippen LogP) is 5.38. The summed E-state index contributed by atoms with van der Waals surface area (Å²) < 4.78 is 7.74. The van der Waals surface area contributed by atoms with Gasteiger partial charge in [0.1, 0.15) is 5.57 Å². The molecule has 1 fully saturated rings.